The standard InChI is InChI=1S/C19H23BrN4O6S/c1-8(5-23-10(3)13(20)9(2)22-23)16(26)21-14-17(27)24-15(19(28)29)12(6-30-11(4)25)7-31-18(14)24/h8,14,18H,5-7H2,1-4H3,(H,21,26)(H,28,29)/t8-,14-,18+/m1/s1. The van der Waals surface area contributed by atoms with Gasteiger partial charge in [-0.2, -0.15) is 5.10 Å². The van der Waals surface area contributed by atoms with E-state index in [4.69, 9.17) is 4.74 Å². The third-order valence-corrected chi connectivity index (χ3v) is 7.67. The maximum absolute atomic E-state index is 12.7. The number of carboxylic acid groups (broad SMARTS) is 1. The quantitative estimate of drug-likeness (QED) is 0.409. The molecule has 10 nitrogen and oxygen atoms in total. The van der Waals surface area contributed by atoms with Crippen molar-refractivity contribution in [2.45, 2.75) is 45.7 Å². The second kappa shape index (κ2) is 9.03. The van der Waals surface area contributed by atoms with Crippen molar-refractivity contribution >= 4 is 51.4 Å². The molecular weight excluding hydrogens is 492 g/mol. The second-order valence-electron chi connectivity index (χ2n) is 7.50. The van der Waals surface area contributed by atoms with Crippen LogP contribution in [0.15, 0.2) is 15.7 Å². The number of nitrogens with zero attached hydrogens (tertiary/aromatic N) is 3. The molecule has 1 fully saturated rings. The number of amides is 2. The topological polar surface area (TPSA) is 131 Å². The number of esters is 1. The van der Waals surface area contributed by atoms with Crippen molar-refractivity contribution in [1.29, 1.82) is 0 Å². The Morgan fingerprint density at radius 3 is 2.61 bits per heavy atom. The Kier molecular flexibility index (Phi) is 6.79. The monoisotopic (exact) mass is 514 g/mol. The van der Waals surface area contributed by atoms with E-state index < -0.39 is 35.2 Å². The zero-order chi connectivity index (χ0) is 23.0. The number of aromatic nitrogens is 2. The van der Waals surface area contributed by atoms with Gasteiger partial charge in [-0.05, 0) is 29.8 Å². The highest BCUT2D eigenvalue weighted by Crippen LogP contribution is 2.40. The van der Waals surface area contributed by atoms with Crippen molar-refractivity contribution in [3.63, 3.8) is 0 Å². The number of carbonyl (C=O) groups is 4. The Morgan fingerprint density at radius 2 is 2.06 bits per heavy atom. The Labute approximate surface area is 191 Å². The van der Waals surface area contributed by atoms with Crippen LogP contribution in [0.5, 0.6) is 0 Å². The van der Waals surface area contributed by atoms with Gasteiger partial charge in [0, 0.05) is 23.9 Å². The number of nitrogens with one attached hydrogen (secondary N) is 1. The molecule has 0 aliphatic carbocycles. The number of aryl methyl sites for hydroxylation is 1. The highest BCUT2D eigenvalue weighted by Gasteiger charge is 2.54. The predicted molar refractivity (Wildman–Crippen MR) is 115 cm³/mol. The van der Waals surface area contributed by atoms with E-state index in [9.17, 15) is 24.3 Å². The highest BCUT2D eigenvalue weighted by molar-refractivity contribution is 9.10. The lowest BCUT2D eigenvalue weighted by molar-refractivity contribution is -0.151. The number of fused-ring (bicyclic) bond motifs is 1. The molecule has 3 atom stereocenters. The summed E-state index contributed by atoms with van der Waals surface area (Å²) in [6.45, 7) is 6.89. The largest absolute Gasteiger partial charge is 0.477 e. The maximum Gasteiger partial charge on any atom is 0.352 e. The summed E-state index contributed by atoms with van der Waals surface area (Å²) < 4.78 is 7.54. The molecule has 0 saturated carbocycles. The molecule has 0 radical (unpaired) electrons. The van der Waals surface area contributed by atoms with Gasteiger partial charge in [0.2, 0.25) is 5.91 Å². The number of halogens is 1. The van der Waals surface area contributed by atoms with E-state index in [-0.39, 0.29) is 24.0 Å². The first kappa shape index (κ1) is 23.3. The van der Waals surface area contributed by atoms with Crippen LogP contribution >= 0.6 is 27.7 Å². The maximum atomic E-state index is 12.7. The molecule has 0 bridgehead atoms. The first-order chi connectivity index (χ1) is 14.5. The van der Waals surface area contributed by atoms with Crippen molar-refractivity contribution < 1.29 is 29.0 Å². The Bertz CT molecular complexity index is 990. The predicted octanol–water partition coefficient (Wildman–Crippen LogP) is 1.20. The molecule has 3 rings (SSSR count). The molecule has 2 amide bonds. The Morgan fingerprint density at radius 1 is 1.39 bits per heavy atom. The summed E-state index contributed by atoms with van der Waals surface area (Å²) in [7, 11) is 0. The van der Waals surface area contributed by atoms with E-state index in [0.717, 1.165) is 20.8 Å². The lowest BCUT2D eigenvalue weighted by Crippen LogP contribution is -2.71. The molecule has 0 unspecified atom stereocenters. The minimum Gasteiger partial charge on any atom is -0.477 e. The van der Waals surface area contributed by atoms with Gasteiger partial charge in [-0.25, -0.2) is 4.79 Å². The fourth-order valence-corrected chi connectivity index (χ4v) is 5.09. The lowest BCUT2D eigenvalue weighted by Gasteiger charge is -2.49. The molecule has 1 aromatic rings. The Hall–Kier alpha value is -2.34. The van der Waals surface area contributed by atoms with Crippen molar-refractivity contribution in [2.75, 3.05) is 12.4 Å². The van der Waals surface area contributed by atoms with Crippen molar-refractivity contribution in [3.8, 4) is 0 Å². The molecular formula is C19H23BrN4O6S. The number of carbonyl (C=O) groups excluding carboxylic acids is 3. The summed E-state index contributed by atoms with van der Waals surface area (Å²) >= 11 is 4.78. The van der Waals surface area contributed by atoms with Crippen LogP contribution in [-0.2, 0) is 30.5 Å². The first-order valence-electron chi connectivity index (χ1n) is 9.56. The van der Waals surface area contributed by atoms with Gasteiger partial charge < -0.3 is 15.2 Å². The molecule has 168 valence electrons. The summed E-state index contributed by atoms with van der Waals surface area (Å²) in [5, 5.41) is 16.2. The van der Waals surface area contributed by atoms with Gasteiger partial charge in [0.25, 0.3) is 5.91 Å². The van der Waals surface area contributed by atoms with Gasteiger partial charge in [-0.1, -0.05) is 6.92 Å². The van der Waals surface area contributed by atoms with Crippen molar-refractivity contribution in [2.24, 2.45) is 5.92 Å². The highest BCUT2D eigenvalue weighted by atomic mass is 79.9. The van der Waals surface area contributed by atoms with E-state index in [1.165, 1.54) is 18.7 Å². The number of β-lactam (4-membered cyclic amide) rings is 1. The Balaban J connectivity index is 1.67. The smallest absolute Gasteiger partial charge is 0.352 e. The second-order valence-corrected chi connectivity index (χ2v) is 9.40. The number of ether oxygens (including phenoxy) is 1. The molecule has 3 heterocycles. The molecule has 2 aliphatic rings. The molecule has 0 aromatic carbocycles. The summed E-state index contributed by atoms with van der Waals surface area (Å²) in [5.74, 6) is -2.78. The average molecular weight is 515 g/mol. The van der Waals surface area contributed by atoms with E-state index in [0.29, 0.717) is 12.1 Å². The first-order valence-corrected chi connectivity index (χ1v) is 11.4. The third-order valence-electron chi connectivity index (χ3n) is 5.18. The lowest BCUT2D eigenvalue weighted by atomic mass is 10.0. The van der Waals surface area contributed by atoms with Gasteiger partial charge in [0.15, 0.2) is 0 Å². The molecule has 0 spiro atoms. The van der Waals surface area contributed by atoms with Gasteiger partial charge in [-0.3, -0.25) is 24.0 Å². The molecule has 1 saturated heterocycles. The summed E-state index contributed by atoms with van der Waals surface area (Å²) in [6.07, 6.45) is 0. The number of hydrogen-bond donors (Lipinski definition) is 2. The summed E-state index contributed by atoms with van der Waals surface area (Å²) in [5.41, 5.74) is 1.90. The average Bonchev–Trinajstić information content (AvgIpc) is 2.95. The number of thioether (sulfide) groups is 1. The van der Waals surface area contributed by atoms with Crippen LogP contribution in [0.2, 0.25) is 0 Å². The van der Waals surface area contributed by atoms with Crippen LogP contribution in [0.25, 0.3) is 0 Å². The van der Waals surface area contributed by atoms with Crippen LogP contribution in [0, 0.1) is 19.8 Å². The van der Waals surface area contributed by atoms with Crippen LogP contribution in [0.4, 0.5) is 0 Å². The molecule has 1 aromatic heterocycles. The van der Waals surface area contributed by atoms with Gasteiger partial charge in [0.1, 0.15) is 23.7 Å². The fourth-order valence-electron chi connectivity index (χ4n) is 3.47. The third kappa shape index (κ3) is 4.49. The van der Waals surface area contributed by atoms with E-state index >= 15 is 0 Å². The molecule has 2 aliphatic heterocycles. The van der Waals surface area contributed by atoms with Gasteiger partial charge in [0.05, 0.1) is 22.6 Å². The molecule has 31 heavy (non-hydrogen) atoms. The molecule has 2 N–H and O–H groups in total. The van der Waals surface area contributed by atoms with E-state index in [2.05, 4.69) is 26.3 Å². The SMILES string of the molecule is CC(=O)OCC1=C(C(=O)O)N2C(=O)[C@@H](NC(=O)[C@H](C)Cn3nc(C)c(Br)c3C)[C@@H]2SC1. The van der Waals surface area contributed by atoms with E-state index in [1.807, 2.05) is 13.8 Å². The number of carboxylic acids is 1. The zero-order valence-corrected chi connectivity index (χ0v) is 19.9. The molecule has 12 heteroatoms. The zero-order valence-electron chi connectivity index (χ0n) is 17.5. The minimum atomic E-state index is -1.27. The number of hydrogen-bond acceptors (Lipinski definition) is 7. The van der Waals surface area contributed by atoms with Crippen LogP contribution < -0.4 is 5.32 Å². The van der Waals surface area contributed by atoms with Crippen molar-refractivity contribution in [3.05, 3.63) is 27.1 Å². The summed E-state index contributed by atoms with van der Waals surface area (Å²) in [6, 6.07) is -0.809. The fraction of sp³-hybridized carbons (Fsp3) is 0.526. The van der Waals surface area contributed by atoms with E-state index in [1.54, 1.807) is 11.6 Å². The van der Waals surface area contributed by atoms with Crippen molar-refractivity contribution in [1.82, 2.24) is 20.0 Å². The van der Waals surface area contributed by atoms with Gasteiger partial charge >= 0.3 is 11.9 Å². The number of aliphatic carboxylic acids is 1. The van der Waals surface area contributed by atoms with Gasteiger partial charge in [-0.15, -0.1) is 11.8 Å². The van der Waals surface area contributed by atoms with Crippen LogP contribution in [0.1, 0.15) is 25.2 Å². The normalized spacial score (nSPS) is 21.3. The minimum absolute atomic E-state index is 0.180. The van der Waals surface area contributed by atoms with Crippen LogP contribution in [0.3, 0.4) is 0 Å². The number of rotatable bonds is 7. The van der Waals surface area contributed by atoms with Crippen LogP contribution in [-0.4, -0.2) is 67.3 Å². The summed E-state index contributed by atoms with van der Waals surface area (Å²) in [4.78, 5) is 49.3.